The van der Waals surface area contributed by atoms with Gasteiger partial charge in [0.25, 0.3) is 5.91 Å². The number of carbonyl (C=O) groups is 1. The van der Waals surface area contributed by atoms with E-state index in [1.54, 1.807) is 0 Å². The van der Waals surface area contributed by atoms with Crippen LogP contribution in [0.5, 0.6) is 0 Å². The second-order valence-electron chi connectivity index (χ2n) is 5.25. The zero-order chi connectivity index (χ0) is 14.8. The van der Waals surface area contributed by atoms with Gasteiger partial charge in [0.1, 0.15) is 0 Å². The molecule has 1 aromatic carbocycles. The minimum absolute atomic E-state index is 0.0231. The topological polar surface area (TPSA) is 29.1 Å². The minimum atomic E-state index is -1.62. The summed E-state index contributed by atoms with van der Waals surface area (Å²) in [6.45, 7) is 0.398. The molecule has 0 aromatic heterocycles. The van der Waals surface area contributed by atoms with Crippen molar-refractivity contribution in [2.45, 2.75) is 25.7 Å². The number of hydrogen-bond acceptors (Lipinski definition) is 1. The number of halogens is 4. The molecule has 0 heterocycles. The summed E-state index contributed by atoms with van der Waals surface area (Å²) in [7, 11) is 0. The smallest absolute Gasteiger partial charge is 0.254 e. The van der Waals surface area contributed by atoms with Crippen molar-refractivity contribution >= 4 is 21.8 Å². The lowest BCUT2D eigenvalue weighted by Crippen LogP contribution is -2.37. The number of carbonyl (C=O) groups excluding carboxylic acids is 1. The van der Waals surface area contributed by atoms with Gasteiger partial charge >= 0.3 is 0 Å². The van der Waals surface area contributed by atoms with Crippen molar-refractivity contribution in [3.05, 3.63) is 35.1 Å². The Bertz CT molecular complexity index is 515. The maximum absolute atomic E-state index is 13.5. The first-order valence-corrected chi connectivity index (χ1v) is 7.59. The number of amides is 1. The molecule has 0 unspecified atom stereocenters. The molecule has 0 radical (unpaired) electrons. The van der Waals surface area contributed by atoms with Crippen molar-refractivity contribution in [3.63, 3.8) is 0 Å². The van der Waals surface area contributed by atoms with Gasteiger partial charge in [0.2, 0.25) is 0 Å². The van der Waals surface area contributed by atoms with Gasteiger partial charge in [-0.25, -0.2) is 13.2 Å². The highest BCUT2D eigenvalue weighted by atomic mass is 79.9. The van der Waals surface area contributed by atoms with Crippen LogP contribution < -0.4 is 5.32 Å². The quantitative estimate of drug-likeness (QED) is 0.650. The zero-order valence-electron chi connectivity index (χ0n) is 10.8. The van der Waals surface area contributed by atoms with Gasteiger partial charge in [-0.05, 0) is 30.4 Å². The molecule has 2 nitrogen and oxygen atoms in total. The van der Waals surface area contributed by atoms with Crippen molar-refractivity contribution in [2.24, 2.45) is 5.41 Å². The number of alkyl halides is 1. The third kappa shape index (κ3) is 3.00. The Morgan fingerprint density at radius 1 is 1.20 bits per heavy atom. The lowest BCUT2D eigenvalue weighted by atomic mass is 9.89. The molecule has 0 atom stereocenters. The molecule has 110 valence electrons. The molecule has 1 amide bonds. The van der Waals surface area contributed by atoms with Gasteiger partial charge in [-0.1, -0.05) is 28.8 Å². The van der Waals surface area contributed by atoms with Crippen LogP contribution in [0.25, 0.3) is 0 Å². The second kappa shape index (κ2) is 6.16. The van der Waals surface area contributed by atoms with Crippen LogP contribution >= 0.6 is 15.9 Å². The SMILES string of the molecule is O=C(NCC1(CBr)CCCC1)c1ccc(F)c(F)c1F. The van der Waals surface area contributed by atoms with E-state index in [0.29, 0.717) is 6.54 Å². The van der Waals surface area contributed by atoms with E-state index in [0.717, 1.165) is 43.1 Å². The number of benzene rings is 1. The van der Waals surface area contributed by atoms with Gasteiger partial charge in [-0.2, -0.15) is 0 Å². The normalized spacial score (nSPS) is 17.2. The van der Waals surface area contributed by atoms with Gasteiger partial charge in [0, 0.05) is 11.9 Å². The molecule has 1 saturated carbocycles. The monoisotopic (exact) mass is 349 g/mol. The van der Waals surface area contributed by atoms with Gasteiger partial charge in [0.15, 0.2) is 17.5 Å². The largest absolute Gasteiger partial charge is 0.351 e. The van der Waals surface area contributed by atoms with Crippen LogP contribution in [0.3, 0.4) is 0 Å². The van der Waals surface area contributed by atoms with Gasteiger partial charge < -0.3 is 5.32 Å². The molecule has 0 aliphatic heterocycles. The molecule has 1 N–H and O–H groups in total. The van der Waals surface area contributed by atoms with Gasteiger partial charge in [-0.3, -0.25) is 4.79 Å². The van der Waals surface area contributed by atoms with E-state index in [9.17, 15) is 18.0 Å². The maximum atomic E-state index is 13.5. The maximum Gasteiger partial charge on any atom is 0.254 e. The Kier molecular flexibility index (Phi) is 4.73. The van der Waals surface area contributed by atoms with Crippen LogP contribution in [0.15, 0.2) is 12.1 Å². The van der Waals surface area contributed by atoms with Crippen molar-refractivity contribution < 1.29 is 18.0 Å². The third-order valence-corrected chi connectivity index (χ3v) is 5.04. The summed E-state index contributed by atoms with van der Waals surface area (Å²) in [5, 5.41) is 3.37. The molecule has 1 aliphatic carbocycles. The van der Waals surface area contributed by atoms with Crippen LogP contribution in [0.1, 0.15) is 36.0 Å². The Morgan fingerprint density at radius 2 is 1.85 bits per heavy atom. The fourth-order valence-electron chi connectivity index (χ4n) is 2.55. The molecule has 1 aliphatic rings. The molecule has 6 heteroatoms. The summed E-state index contributed by atoms with van der Waals surface area (Å²) in [5.74, 6) is -5.07. The van der Waals surface area contributed by atoms with E-state index >= 15 is 0 Å². The van der Waals surface area contributed by atoms with Gasteiger partial charge in [0.05, 0.1) is 5.56 Å². The standard InChI is InChI=1S/C14H15BrF3NO/c15-7-14(5-1-2-6-14)8-19-13(20)9-3-4-10(16)12(18)11(9)17/h3-4H,1-2,5-8H2,(H,19,20). The molecule has 0 saturated heterocycles. The first-order valence-electron chi connectivity index (χ1n) is 6.47. The van der Waals surface area contributed by atoms with Crippen molar-refractivity contribution in [1.29, 1.82) is 0 Å². The summed E-state index contributed by atoms with van der Waals surface area (Å²) < 4.78 is 39.4. The molecule has 2 rings (SSSR count). The lowest BCUT2D eigenvalue weighted by molar-refractivity contribution is 0.0930. The van der Waals surface area contributed by atoms with Crippen LogP contribution in [0.4, 0.5) is 13.2 Å². The molecular formula is C14H15BrF3NO. The van der Waals surface area contributed by atoms with E-state index in [-0.39, 0.29) is 5.41 Å². The van der Waals surface area contributed by atoms with Crippen molar-refractivity contribution in [3.8, 4) is 0 Å². The van der Waals surface area contributed by atoms with Crippen LogP contribution in [0.2, 0.25) is 0 Å². The van der Waals surface area contributed by atoms with Crippen molar-refractivity contribution in [1.82, 2.24) is 5.32 Å². The lowest BCUT2D eigenvalue weighted by Gasteiger charge is -2.26. The third-order valence-electron chi connectivity index (χ3n) is 3.85. The highest BCUT2D eigenvalue weighted by Gasteiger charge is 2.33. The van der Waals surface area contributed by atoms with E-state index in [1.807, 2.05) is 0 Å². The van der Waals surface area contributed by atoms with E-state index in [2.05, 4.69) is 21.2 Å². The molecular weight excluding hydrogens is 335 g/mol. The second-order valence-corrected chi connectivity index (χ2v) is 5.81. The van der Waals surface area contributed by atoms with Crippen LogP contribution in [0, 0.1) is 22.9 Å². The summed E-state index contributed by atoms with van der Waals surface area (Å²) in [5.41, 5.74) is -0.489. The van der Waals surface area contributed by atoms with Gasteiger partial charge in [-0.15, -0.1) is 0 Å². The highest BCUT2D eigenvalue weighted by Crippen LogP contribution is 2.39. The Labute approximate surface area is 123 Å². The number of hydrogen-bond donors (Lipinski definition) is 1. The van der Waals surface area contributed by atoms with Crippen LogP contribution in [-0.2, 0) is 0 Å². The Hall–Kier alpha value is -1.04. The number of nitrogens with one attached hydrogen (secondary N) is 1. The summed E-state index contributed by atoms with van der Waals surface area (Å²) >= 11 is 3.44. The Morgan fingerprint density at radius 3 is 2.45 bits per heavy atom. The van der Waals surface area contributed by atoms with Crippen LogP contribution in [-0.4, -0.2) is 17.8 Å². The summed E-state index contributed by atoms with van der Waals surface area (Å²) in [6.07, 6.45) is 4.17. The predicted octanol–water partition coefficient (Wildman–Crippen LogP) is 3.79. The zero-order valence-corrected chi connectivity index (χ0v) is 12.4. The van der Waals surface area contributed by atoms with E-state index in [1.165, 1.54) is 0 Å². The van der Waals surface area contributed by atoms with E-state index < -0.39 is 28.9 Å². The Balaban J connectivity index is 2.07. The predicted molar refractivity (Wildman–Crippen MR) is 73.3 cm³/mol. The minimum Gasteiger partial charge on any atom is -0.351 e. The summed E-state index contributed by atoms with van der Waals surface area (Å²) in [4.78, 5) is 11.9. The highest BCUT2D eigenvalue weighted by molar-refractivity contribution is 9.09. The molecule has 0 spiro atoms. The van der Waals surface area contributed by atoms with E-state index in [4.69, 9.17) is 0 Å². The molecule has 1 fully saturated rings. The molecule has 20 heavy (non-hydrogen) atoms. The fourth-order valence-corrected chi connectivity index (χ4v) is 3.31. The van der Waals surface area contributed by atoms with Crippen molar-refractivity contribution in [2.75, 3.05) is 11.9 Å². The molecule has 1 aromatic rings. The first-order chi connectivity index (χ1) is 9.49. The number of rotatable bonds is 4. The fraction of sp³-hybridized carbons (Fsp3) is 0.500. The summed E-state index contributed by atoms with van der Waals surface area (Å²) in [6, 6.07) is 1.71. The average Bonchev–Trinajstić information content (AvgIpc) is 2.92. The average molecular weight is 350 g/mol. The molecule has 0 bridgehead atoms. The first kappa shape index (κ1) is 15.4.